The van der Waals surface area contributed by atoms with E-state index < -0.39 is 24.3 Å². The lowest BCUT2D eigenvalue weighted by Gasteiger charge is -2.30. The number of nitrogens with one attached hydrogen (secondary N) is 1. The van der Waals surface area contributed by atoms with Crippen LogP contribution in [0.15, 0.2) is 11.4 Å². The molecule has 0 spiro atoms. The molecule has 0 amide bonds. The zero-order chi connectivity index (χ0) is 14.8. The maximum atomic E-state index is 12.7. The van der Waals surface area contributed by atoms with Crippen molar-refractivity contribution in [2.24, 2.45) is 5.92 Å². The first-order valence-corrected chi connectivity index (χ1v) is 6.37. The average molecular weight is 305 g/mol. The van der Waals surface area contributed by atoms with E-state index in [2.05, 4.69) is 5.32 Å². The Labute approximate surface area is 110 Å². The lowest BCUT2D eigenvalue weighted by molar-refractivity contribution is -0.292. The highest BCUT2D eigenvalue weighted by Gasteiger charge is 2.60. The van der Waals surface area contributed by atoms with Crippen LogP contribution in [0.5, 0.6) is 0 Å². The molecule has 0 aliphatic rings. The van der Waals surface area contributed by atoms with Crippen molar-refractivity contribution in [3.05, 3.63) is 21.9 Å². The van der Waals surface area contributed by atoms with Gasteiger partial charge in [0, 0.05) is 4.88 Å². The van der Waals surface area contributed by atoms with Gasteiger partial charge in [0.05, 0.1) is 6.04 Å². The zero-order valence-electron chi connectivity index (χ0n) is 10.2. The Morgan fingerprint density at radius 3 is 2.00 bits per heavy atom. The van der Waals surface area contributed by atoms with E-state index >= 15 is 0 Å². The lowest BCUT2D eigenvalue weighted by atomic mass is 9.93. The molecule has 0 aliphatic heterocycles. The molecule has 1 aromatic heterocycles. The minimum absolute atomic E-state index is 0.0161. The summed E-state index contributed by atoms with van der Waals surface area (Å²) in [6.45, 7) is 3.12. The van der Waals surface area contributed by atoms with Crippen LogP contribution in [-0.2, 0) is 0 Å². The van der Waals surface area contributed by atoms with Crippen molar-refractivity contribution in [3.8, 4) is 0 Å². The SMILES string of the molecule is CCNC(c1csc(C)c1)C(C(F)(F)F)C(F)(F)F. The van der Waals surface area contributed by atoms with Crippen LogP contribution in [0, 0.1) is 12.8 Å². The minimum Gasteiger partial charge on any atom is -0.309 e. The van der Waals surface area contributed by atoms with Crippen molar-refractivity contribution in [1.82, 2.24) is 5.32 Å². The predicted molar refractivity (Wildman–Crippen MR) is 61.1 cm³/mol. The summed E-state index contributed by atoms with van der Waals surface area (Å²) in [6, 6.07) is -0.461. The average Bonchev–Trinajstić information content (AvgIpc) is 2.59. The second kappa shape index (κ2) is 5.70. The number of hydrogen-bond acceptors (Lipinski definition) is 2. The molecule has 8 heteroatoms. The molecule has 0 fully saturated rings. The molecule has 1 heterocycles. The summed E-state index contributed by atoms with van der Waals surface area (Å²) in [7, 11) is 0. The van der Waals surface area contributed by atoms with Gasteiger partial charge in [0.25, 0.3) is 0 Å². The topological polar surface area (TPSA) is 12.0 Å². The van der Waals surface area contributed by atoms with E-state index in [9.17, 15) is 26.3 Å². The third kappa shape index (κ3) is 4.10. The smallest absolute Gasteiger partial charge is 0.309 e. The van der Waals surface area contributed by atoms with Crippen LogP contribution >= 0.6 is 11.3 Å². The van der Waals surface area contributed by atoms with E-state index in [1.165, 1.54) is 18.4 Å². The lowest BCUT2D eigenvalue weighted by Crippen LogP contribution is -2.45. The van der Waals surface area contributed by atoms with Crippen molar-refractivity contribution < 1.29 is 26.3 Å². The van der Waals surface area contributed by atoms with Crippen LogP contribution in [0.1, 0.15) is 23.4 Å². The first-order chi connectivity index (χ1) is 8.57. The Kier molecular flexibility index (Phi) is 4.89. The normalized spacial score (nSPS) is 15.0. The van der Waals surface area contributed by atoms with Crippen LogP contribution in [0.25, 0.3) is 0 Å². The quantitative estimate of drug-likeness (QED) is 0.811. The van der Waals surface area contributed by atoms with Crippen LogP contribution in [0.3, 0.4) is 0 Å². The van der Waals surface area contributed by atoms with Crippen LogP contribution in [-0.4, -0.2) is 18.9 Å². The fourth-order valence-corrected chi connectivity index (χ4v) is 2.58. The third-order valence-electron chi connectivity index (χ3n) is 2.57. The van der Waals surface area contributed by atoms with E-state index in [0.29, 0.717) is 4.88 Å². The Morgan fingerprint density at radius 1 is 1.16 bits per heavy atom. The van der Waals surface area contributed by atoms with Gasteiger partial charge in [-0.3, -0.25) is 0 Å². The number of hydrogen-bond donors (Lipinski definition) is 1. The second-order valence-electron chi connectivity index (χ2n) is 4.09. The molecule has 1 N–H and O–H groups in total. The van der Waals surface area contributed by atoms with Gasteiger partial charge in [-0.2, -0.15) is 26.3 Å². The van der Waals surface area contributed by atoms with Gasteiger partial charge in [-0.05, 0) is 30.5 Å². The first kappa shape index (κ1) is 16.3. The maximum absolute atomic E-state index is 12.7. The van der Waals surface area contributed by atoms with Crippen molar-refractivity contribution in [2.45, 2.75) is 32.2 Å². The highest BCUT2D eigenvalue weighted by molar-refractivity contribution is 7.10. The largest absolute Gasteiger partial charge is 0.402 e. The molecule has 19 heavy (non-hydrogen) atoms. The molecule has 0 bridgehead atoms. The Morgan fingerprint density at radius 2 is 1.68 bits per heavy atom. The summed E-state index contributed by atoms with van der Waals surface area (Å²) in [6.07, 6.45) is -10.7. The summed E-state index contributed by atoms with van der Waals surface area (Å²) in [5, 5.41) is 3.62. The minimum atomic E-state index is -5.35. The maximum Gasteiger partial charge on any atom is 0.402 e. The van der Waals surface area contributed by atoms with Crippen LogP contribution in [0.4, 0.5) is 26.3 Å². The molecule has 0 aliphatic carbocycles. The van der Waals surface area contributed by atoms with E-state index in [0.717, 1.165) is 11.3 Å². The second-order valence-corrected chi connectivity index (χ2v) is 5.20. The van der Waals surface area contributed by atoms with Crippen molar-refractivity contribution in [1.29, 1.82) is 0 Å². The first-order valence-electron chi connectivity index (χ1n) is 5.49. The number of aryl methyl sites for hydroxylation is 1. The summed E-state index contributed by atoms with van der Waals surface area (Å²) < 4.78 is 76.4. The molecule has 0 aromatic carbocycles. The van der Waals surface area contributed by atoms with Crippen molar-refractivity contribution in [3.63, 3.8) is 0 Å². The van der Waals surface area contributed by atoms with Crippen LogP contribution < -0.4 is 5.32 Å². The summed E-state index contributed by atoms with van der Waals surface area (Å²) in [4.78, 5) is 0.668. The molecule has 1 atom stereocenters. The third-order valence-corrected chi connectivity index (χ3v) is 3.45. The molecule has 1 rings (SSSR count). The fraction of sp³-hybridized carbons (Fsp3) is 0.636. The highest BCUT2D eigenvalue weighted by atomic mass is 32.1. The van der Waals surface area contributed by atoms with Crippen molar-refractivity contribution >= 4 is 11.3 Å². The van der Waals surface area contributed by atoms with Crippen LogP contribution in [0.2, 0.25) is 0 Å². The fourth-order valence-electron chi connectivity index (χ4n) is 1.84. The van der Waals surface area contributed by atoms with E-state index in [1.807, 2.05) is 0 Å². The van der Waals surface area contributed by atoms with Gasteiger partial charge in [-0.1, -0.05) is 6.92 Å². The molecular weight excluding hydrogens is 292 g/mol. The molecule has 1 nitrogen and oxygen atoms in total. The summed E-state index contributed by atoms with van der Waals surface area (Å²) in [5.41, 5.74) is 0.0176. The van der Waals surface area contributed by atoms with Gasteiger partial charge in [0.15, 0.2) is 5.92 Å². The monoisotopic (exact) mass is 305 g/mol. The van der Waals surface area contributed by atoms with E-state index in [4.69, 9.17) is 0 Å². The molecular formula is C11H13F6NS. The standard InChI is InChI=1S/C11H13F6NS/c1-3-18-8(7-4-6(2)19-5-7)9(10(12,13)14)11(15,16)17/h4-5,8-9,18H,3H2,1-2H3. The van der Waals surface area contributed by atoms with Crippen molar-refractivity contribution in [2.75, 3.05) is 6.54 Å². The molecule has 0 saturated carbocycles. The van der Waals surface area contributed by atoms with Gasteiger partial charge in [0.2, 0.25) is 0 Å². The summed E-state index contributed by atoms with van der Waals surface area (Å²) >= 11 is 1.12. The van der Waals surface area contributed by atoms with Gasteiger partial charge in [-0.15, -0.1) is 11.3 Å². The van der Waals surface area contributed by atoms with E-state index in [1.54, 1.807) is 6.92 Å². The number of halogens is 6. The zero-order valence-corrected chi connectivity index (χ0v) is 11.0. The Bertz CT molecular complexity index is 394. The Hall–Kier alpha value is -0.760. The number of alkyl halides is 6. The van der Waals surface area contributed by atoms with E-state index in [-0.39, 0.29) is 12.1 Å². The predicted octanol–water partition coefficient (Wildman–Crippen LogP) is 4.45. The summed E-state index contributed by atoms with van der Waals surface area (Å²) in [5.74, 6) is -3.41. The molecule has 1 unspecified atom stereocenters. The van der Waals surface area contributed by atoms with Gasteiger partial charge in [0.1, 0.15) is 0 Å². The molecule has 1 aromatic rings. The molecule has 110 valence electrons. The van der Waals surface area contributed by atoms with Gasteiger partial charge in [-0.25, -0.2) is 0 Å². The number of thiophene rings is 1. The Balaban J connectivity index is 3.20. The van der Waals surface area contributed by atoms with Gasteiger partial charge < -0.3 is 5.32 Å². The molecule has 0 saturated heterocycles. The number of rotatable bonds is 4. The molecule has 0 radical (unpaired) electrons. The van der Waals surface area contributed by atoms with Gasteiger partial charge >= 0.3 is 12.4 Å². The highest BCUT2D eigenvalue weighted by Crippen LogP contribution is 2.46.